The van der Waals surface area contributed by atoms with Gasteiger partial charge in [0.15, 0.2) is 5.82 Å². The average molecular weight is 386 g/mol. The maximum absolute atomic E-state index is 12.7. The lowest BCUT2D eigenvalue weighted by Crippen LogP contribution is -2.43. The van der Waals surface area contributed by atoms with Crippen molar-refractivity contribution in [2.24, 2.45) is 0 Å². The van der Waals surface area contributed by atoms with Gasteiger partial charge < -0.3 is 16.0 Å². The van der Waals surface area contributed by atoms with Crippen LogP contribution in [0.15, 0.2) is 24.3 Å². The summed E-state index contributed by atoms with van der Waals surface area (Å²) >= 11 is 6.14. The molecule has 1 aromatic carbocycles. The molecule has 1 aliphatic heterocycles. The highest BCUT2D eigenvalue weighted by Crippen LogP contribution is 2.26. The highest BCUT2D eigenvalue weighted by atomic mass is 35.5. The van der Waals surface area contributed by atoms with Crippen molar-refractivity contribution in [1.82, 2.24) is 30.8 Å². The molecule has 0 aliphatic carbocycles. The molecule has 0 atom stereocenters. The van der Waals surface area contributed by atoms with E-state index in [-0.39, 0.29) is 17.8 Å². The molecule has 27 heavy (non-hydrogen) atoms. The molecule has 0 spiro atoms. The molecule has 4 N–H and O–H groups in total. The quantitative estimate of drug-likeness (QED) is 0.549. The van der Waals surface area contributed by atoms with E-state index in [1.807, 2.05) is 13.0 Å². The lowest BCUT2D eigenvalue weighted by atomic mass is 10.1. The van der Waals surface area contributed by atoms with Gasteiger partial charge >= 0.3 is 0 Å². The third-order valence-electron chi connectivity index (χ3n) is 4.49. The Morgan fingerprint density at radius 2 is 2.04 bits per heavy atom. The molecular weight excluding hydrogens is 366 g/mol. The summed E-state index contributed by atoms with van der Waals surface area (Å²) in [6, 6.07) is 7.28. The number of H-pyrrole nitrogens is 1. The molecular formula is C18H20ClN7O. The fraction of sp³-hybridized carbons (Fsp3) is 0.333. The zero-order valence-electron chi connectivity index (χ0n) is 14.8. The van der Waals surface area contributed by atoms with Gasteiger partial charge in [-0.1, -0.05) is 11.6 Å². The topological polar surface area (TPSA) is 108 Å². The molecule has 0 saturated carbocycles. The molecule has 0 radical (unpaired) electrons. The predicted molar refractivity (Wildman–Crippen MR) is 105 cm³/mol. The van der Waals surface area contributed by atoms with Crippen molar-refractivity contribution in [3.05, 3.63) is 40.8 Å². The van der Waals surface area contributed by atoms with E-state index < -0.39 is 0 Å². The summed E-state index contributed by atoms with van der Waals surface area (Å²) in [4.78, 5) is 21.6. The third kappa shape index (κ3) is 4.01. The van der Waals surface area contributed by atoms with Crippen LogP contribution in [0, 0.1) is 6.92 Å². The minimum absolute atomic E-state index is 0.123. The summed E-state index contributed by atoms with van der Waals surface area (Å²) in [7, 11) is 0. The Morgan fingerprint density at radius 1 is 1.22 bits per heavy atom. The number of halogens is 1. The van der Waals surface area contributed by atoms with Crippen molar-refractivity contribution in [3.8, 4) is 0 Å². The van der Waals surface area contributed by atoms with E-state index in [1.165, 1.54) is 0 Å². The predicted octanol–water partition coefficient (Wildman–Crippen LogP) is 2.54. The number of aryl methyl sites for hydroxylation is 1. The molecule has 9 heteroatoms. The van der Waals surface area contributed by atoms with Crippen LogP contribution in [0.2, 0.25) is 5.02 Å². The van der Waals surface area contributed by atoms with Crippen LogP contribution in [0.5, 0.6) is 0 Å². The maximum Gasteiger partial charge on any atom is 0.289 e. The molecule has 1 saturated heterocycles. The van der Waals surface area contributed by atoms with E-state index in [2.05, 4.69) is 36.1 Å². The molecule has 4 rings (SSSR count). The Labute approximate surface area is 161 Å². The smallest absolute Gasteiger partial charge is 0.289 e. The van der Waals surface area contributed by atoms with Crippen molar-refractivity contribution in [2.45, 2.75) is 25.8 Å². The summed E-state index contributed by atoms with van der Waals surface area (Å²) < 4.78 is 0. The standard InChI is InChI=1S/C18H20ClN7O/c1-10-8-15(26-25-10)23-16-13-9-11(19)2-3-14(13)22-17(24-16)18(27)21-12-4-6-20-7-5-12/h2-3,8-9,12,20H,4-7H2,1H3,(H,21,27)(H2,22,23,24,25,26). The van der Waals surface area contributed by atoms with Crippen molar-refractivity contribution < 1.29 is 4.79 Å². The van der Waals surface area contributed by atoms with Gasteiger partial charge in [-0.05, 0) is 51.1 Å². The molecule has 3 heterocycles. The number of carbonyl (C=O) groups is 1. The molecule has 0 bridgehead atoms. The summed E-state index contributed by atoms with van der Waals surface area (Å²) in [5, 5.41) is 17.8. The summed E-state index contributed by atoms with van der Waals surface area (Å²) in [5.74, 6) is 0.944. The Morgan fingerprint density at radius 3 is 2.78 bits per heavy atom. The van der Waals surface area contributed by atoms with Gasteiger partial charge in [-0.3, -0.25) is 9.89 Å². The second kappa shape index (κ2) is 7.50. The van der Waals surface area contributed by atoms with E-state index in [0.717, 1.165) is 37.0 Å². The van der Waals surface area contributed by atoms with Gasteiger partial charge in [0, 0.05) is 28.2 Å². The van der Waals surface area contributed by atoms with Gasteiger partial charge in [0.2, 0.25) is 5.82 Å². The molecule has 1 aliphatic rings. The number of carbonyl (C=O) groups excluding carboxylic acids is 1. The van der Waals surface area contributed by atoms with Crippen LogP contribution in [-0.4, -0.2) is 45.2 Å². The summed E-state index contributed by atoms with van der Waals surface area (Å²) in [6.07, 6.45) is 1.79. The zero-order valence-corrected chi connectivity index (χ0v) is 15.6. The number of hydrogen-bond donors (Lipinski definition) is 4. The number of aromatic nitrogens is 4. The highest BCUT2D eigenvalue weighted by molar-refractivity contribution is 6.31. The first-order valence-corrected chi connectivity index (χ1v) is 9.24. The lowest BCUT2D eigenvalue weighted by Gasteiger charge is -2.23. The number of piperidine rings is 1. The molecule has 3 aromatic rings. The Balaban J connectivity index is 1.68. The molecule has 8 nitrogen and oxygen atoms in total. The van der Waals surface area contributed by atoms with Crippen LogP contribution in [0.3, 0.4) is 0 Å². The normalized spacial score (nSPS) is 15.0. The van der Waals surface area contributed by atoms with Gasteiger partial charge in [0.05, 0.1) is 5.52 Å². The summed E-state index contributed by atoms with van der Waals surface area (Å²) in [5.41, 5.74) is 1.55. The monoisotopic (exact) mass is 385 g/mol. The van der Waals surface area contributed by atoms with Gasteiger partial charge in [-0.15, -0.1) is 0 Å². The number of anilines is 2. The van der Waals surface area contributed by atoms with Crippen molar-refractivity contribution in [1.29, 1.82) is 0 Å². The molecule has 0 unspecified atom stereocenters. The van der Waals surface area contributed by atoms with E-state index in [9.17, 15) is 4.79 Å². The average Bonchev–Trinajstić information content (AvgIpc) is 3.07. The number of benzene rings is 1. The van der Waals surface area contributed by atoms with Crippen molar-refractivity contribution >= 4 is 40.0 Å². The number of hydrogen-bond acceptors (Lipinski definition) is 6. The minimum Gasteiger partial charge on any atom is -0.346 e. The maximum atomic E-state index is 12.7. The number of rotatable bonds is 4. The van der Waals surface area contributed by atoms with E-state index >= 15 is 0 Å². The largest absolute Gasteiger partial charge is 0.346 e. The highest BCUT2D eigenvalue weighted by Gasteiger charge is 2.20. The SMILES string of the molecule is Cc1cc(Nc2nc(C(=O)NC3CCNCC3)nc3ccc(Cl)cc23)n[nH]1. The first-order chi connectivity index (χ1) is 13.1. The third-order valence-corrected chi connectivity index (χ3v) is 4.72. The van der Waals surface area contributed by atoms with Gasteiger partial charge in [-0.2, -0.15) is 5.10 Å². The van der Waals surface area contributed by atoms with E-state index in [4.69, 9.17) is 11.6 Å². The summed E-state index contributed by atoms with van der Waals surface area (Å²) in [6.45, 7) is 3.70. The second-order valence-corrected chi connectivity index (χ2v) is 7.05. The van der Waals surface area contributed by atoms with Crippen molar-refractivity contribution in [3.63, 3.8) is 0 Å². The van der Waals surface area contributed by atoms with Crippen LogP contribution in [0.1, 0.15) is 29.2 Å². The van der Waals surface area contributed by atoms with Gasteiger partial charge in [-0.25, -0.2) is 9.97 Å². The Bertz CT molecular complexity index is 981. The number of aromatic amines is 1. The van der Waals surface area contributed by atoms with Gasteiger partial charge in [0.1, 0.15) is 5.82 Å². The number of nitrogens with zero attached hydrogens (tertiary/aromatic N) is 3. The number of nitrogens with one attached hydrogen (secondary N) is 4. The van der Waals surface area contributed by atoms with Gasteiger partial charge in [0.25, 0.3) is 5.91 Å². The van der Waals surface area contributed by atoms with Crippen LogP contribution in [0.4, 0.5) is 11.6 Å². The second-order valence-electron chi connectivity index (χ2n) is 6.62. The van der Waals surface area contributed by atoms with Crippen LogP contribution >= 0.6 is 11.6 Å². The first-order valence-electron chi connectivity index (χ1n) is 8.86. The van der Waals surface area contributed by atoms with E-state index in [1.54, 1.807) is 18.2 Å². The van der Waals surface area contributed by atoms with Crippen LogP contribution in [0.25, 0.3) is 10.9 Å². The molecule has 140 valence electrons. The number of fused-ring (bicyclic) bond motifs is 1. The first kappa shape index (κ1) is 17.7. The molecule has 1 amide bonds. The molecule has 2 aromatic heterocycles. The van der Waals surface area contributed by atoms with Crippen LogP contribution < -0.4 is 16.0 Å². The lowest BCUT2D eigenvalue weighted by molar-refractivity contribution is 0.0919. The minimum atomic E-state index is -0.278. The number of amides is 1. The molecule has 1 fully saturated rings. The van der Waals surface area contributed by atoms with Crippen LogP contribution in [-0.2, 0) is 0 Å². The van der Waals surface area contributed by atoms with Crippen molar-refractivity contribution in [2.75, 3.05) is 18.4 Å². The zero-order chi connectivity index (χ0) is 18.8. The fourth-order valence-electron chi connectivity index (χ4n) is 3.12. The Hall–Kier alpha value is -2.71. The fourth-order valence-corrected chi connectivity index (χ4v) is 3.29. The Kier molecular flexibility index (Phi) is 4.91. The van der Waals surface area contributed by atoms with E-state index in [0.29, 0.717) is 22.2 Å².